The fraction of sp³-hybridized carbons (Fsp3) is 0.500. The van der Waals surface area contributed by atoms with Crippen molar-refractivity contribution < 1.29 is 9.53 Å². The molecule has 0 aliphatic carbocycles. The van der Waals surface area contributed by atoms with Gasteiger partial charge in [-0.3, -0.25) is 4.79 Å². The van der Waals surface area contributed by atoms with Gasteiger partial charge < -0.3 is 15.4 Å². The zero-order valence-electron chi connectivity index (χ0n) is 15.0. The number of amides is 1. The van der Waals surface area contributed by atoms with Crippen molar-refractivity contribution in [1.29, 1.82) is 0 Å². The molecule has 134 valence electrons. The first-order valence-corrected chi connectivity index (χ1v) is 8.63. The number of carbonyl (C=O) groups is 1. The van der Waals surface area contributed by atoms with E-state index in [0.717, 1.165) is 43.1 Å². The van der Waals surface area contributed by atoms with Crippen molar-refractivity contribution in [3.63, 3.8) is 0 Å². The molecule has 1 atom stereocenters. The number of rotatable bonds is 4. The van der Waals surface area contributed by atoms with Gasteiger partial charge in [-0.2, -0.15) is 0 Å². The number of hydrogen-bond donors (Lipinski definition) is 1. The summed E-state index contributed by atoms with van der Waals surface area (Å²) in [4.78, 5) is 14.7. The molecule has 1 aliphatic heterocycles. The molecule has 1 unspecified atom stereocenters. The Morgan fingerprint density at radius 1 is 1.28 bits per heavy atom. The summed E-state index contributed by atoms with van der Waals surface area (Å²) in [5.41, 5.74) is 7.97. The van der Waals surface area contributed by atoms with Crippen LogP contribution in [-0.4, -0.2) is 52.0 Å². The summed E-state index contributed by atoms with van der Waals surface area (Å²) in [5, 5.41) is 8.29. The number of carbonyl (C=O) groups excluding carboxylic acids is 1. The maximum Gasteiger partial charge on any atom is 0.276 e. The molecule has 7 nitrogen and oxygen atoms in total. The van der Waals surface area contributed by atoms with Gasteiger partial charge in [-0.1, -0.05) is 5.21 Å². The molecule has 1 aromatic carbocycles. The molecule has 1 aliphatic rings. The largest absolute Gasteiger partial charge is 0.497 e. The van der Waals surface area contributed by atoms with Crippen molar-refractivity contribution in [1.82, 2.24) is 19.9 Å². The van der Waals surface area contributed by atoms with Crippen molar-refractivity contribution in [2.75, 3.05) is 20.2 Å². The van der Waals surface area contributed by atoms with Gasteiger partial charge in [-0.05, 0) is 56.9 Å². The van der Waals surface area contributed by atoms with Crippen molar-refractivity contribution >= 4 is 5.91 Å². The molecule has 0 radical (unpaired) electrons. The van der Waals surface area contributed by atoms with Gasteiger partial charge in [0, 0.05) is 19.1 Å². The number of benzene rings is 1. The van der Waals surface area contributed by atoms with Gasteiger partial charge in [0.1, 0.15) is 5.75 Å². The highest BCUT2D eigenvalue weighted by atomic mass is 16.5. The normalized spacial score (nSPS) is 16.7. The quantitative estimate of drug-likeness (QED) is 0.914. The monoisotopic (exact) mass is 343 g/mol. The predicted octanol–water partition coefficient (Wildman–Crippen LogP) is 1.78. The summed E-state index contributed by atoms with van der Waals surface area (Å²) in [6.45, 7) is 5.35. The number of methoxy groups -OCH3 is 1. The number of aromatic nitrogens is 3. The summed E-state index contributed by atoms with van der Waals surface area (Å²) in [7, 11) is 1.63. The number of likely N-dealkylation sites (tertiary alicyclic amines) is 1. The van der Waals surface area contributed by atoms with E-state index in [1.54, 1.807) is 11.8 Å². The van der Waals surface area contributed by atoms with E-state index in [0.29, 0.717) is 11.6 Å². The first kappa shape index (κ1) is 17.4. The lowest BCUT2D eigenvalue weighted by Crippen LogP contribution is -2.42. The van der Waals surface area contributed by atoms with Crippen LogP contribution in [0, 0.1) is 12.8 Å². The Kier molecular flexibility index (Phi) is 5.03. The Hall–Kier alpha value is -2.41. The SMILES string of the molecule is COc1ccc(-n2nnc(C(=O)N3CCC(C(C)N)CC3)c2C)cc1. The minimum atomic E-state index is -0.0552. The highest BCUT2D eigenvalue weighted by Gasteiger charge is 2.28. The Morgan fingerprint density at radius 2 is 1.92 bits per heavy atom. The average Bonchev–Trinajstić information content (AvgIpc) is 3.02. The van der Waals surface area contributed by atoms with Crippen LogP contribution < -0.4 is 10.5 Å². The van der Waals surface area contributed by atoms with Crippen LogP contribution in [0.5, 0.6) is 5.75 Å². The van der Waals surface area contributed by atoms with Crippen LogP contribution in [0.15, 0.2) is 24.3 Å². The summed E-state index contributed by atoms with van der Waals surface area (Å²) in [5.74, 6) is 1.20. The number of nitrogens with two attached hydrogens (primary N) is 1. The minimum Gasteiger partial charge on any atom is -0.497 e. The number of nitrogens with zero attached hydrogens (tertiary/aromatic N) is 4. The molecule has 25 heavy (non-hydrogen) atoms. The molecule has 1 aromatic heterocycles. The second-order valence-electron chi connectivity index (χ2n) is 6.62. The minimum absolute atomic E-state index is 0.0552. The summed E-state index contributed by atoms with van der Waals surface area (Å²) in [6, 6.07) is 7.68. The topological polar surface area (TPSA) is 86.3 Å². The Bertz CT molecular complexity index is 730. The molecule has 7 heteroatoms. The van der Waals surface area contributed by atoms with E-state index < -0.39 is 0 Å². The average molecular weight is 343 g/mol. The van der Waals surface area contributed by atoms with Crippen LogP contribution in [0.4, 0.5) is 0 Å². The molecule has 0 saturated carbocycles. The first-order valence-electron chi connectivity index (χ1n) is 8.63. The van der Waals surface area contributed by atoms with E-state index in [4.69, 9.17) is 10.5 Å². The standard InChI is InChI=1S/C18H25N5O2/c1-12(19)14-8-10-22(11-9-14)18(24)17-13(2)23(21-20-17)15-4-6-16(25-3)7-5-15/h4-7,12,14H,8-11,19H2,1-3H3. The first-order chi connectivity index (χ1) is 12.0. The van der Waals surface area contributed by atoms with E-state index >= 15 is 0 Å². The van der Waals surface area contributed by atoms with Gasteiger partial charge in [-0.25, -0.2) is 4.68 Å². The third-order valence-corrected chi connectivity index (χ3v) is 4.98. The summed E-state index contributed by atoms with van der Waals surface area (Å²) >= 11 is 0. The number of piperidine rings is 1. The molecular weight excluding hydrogens is 318 g/mol. The number of ether oxygens (including phenoxy) is 1. The maximum absolute atomic E-state index is 12.8. The van der Waals surface area contributed by atoms with Crippen molar-refractivity contribution in [3.8, 4) is 11.4 Å². The van der Waals surface area contributed by atoms with Gasteiger partial charge in [0.2, 0.25) is 0 Å². The van der Waals surface area contributed by atoms with Crippen molar-refractivity contribution in [2.45, 2.75) is 32.7 Å². The van der Waals surface area contributed by atoms with Crippen molar-refractivity contribution in [3.05, 3.63) is 35.7 Å². The lowest BCUT2D eigenvalue weighted by molar-refractivity contribution is 0.0674. The molecule has 0 spiro atoms. The maximum atomic E-state index is 12.8. The van der Waals surface area contributed by atoms with E-state index in [2.05, 4.69) is 10.3 Å². The Balaban J connectivity index is 1.75. The van der Waals surface area contributed by atoms with Crippen LogP contribution in [0.25, 0.3) is 5.69 Å². The van der Waals surface area contributed by atoms with E-state index in [1.165, 1.54) is 0 Å². The van der Waals surface area contributed by atoms with Gasteiger partial charge in [0.25, 0.3) is 5.91 Å². The molecular formula is C18H25N5O2. The smallest absolute Gasteiger partial charge is 0.276 e. The van der Waals surface area contributed by atoms with Gasteiger partial charge in [0.05, 0.1) is 18.5 Å². The molecule has 3 rings (SSSR count). The van der Waals surface area contributed by atoms with Gasteiger partial charge in [-0.15, -0.1) is 5.10 Å². The van der Waals surface area contributed by atoms with E-state index in [9.17, 15) is 4.79 Å². The molecule has 1 fully saturated rings. The lowest BCUT2D eigenvalue weighted by atomic mass is 9.91. The van der Waals surface area contributed by atoms with E-state index in [1.807, 2.05) is 43.0 Å². The highest BCUT2D eigenvalue weighted by molar-refractivity contribution is 5.93. The lowest BCUT2D eigenvalue weighted by Gasteiger charge is -2.33. The molecule has 2 N–H and O–H groups in total. The van der Waals surface area contributed by atoms with Gasteiger partial charge in [0.15, 0.2) is 5.69 Å². The third kappa shape index (κ3) is 3.51. The summed E-state index contributed by atoms with van der Waals surface area (Å²) < 4.78 is 6.85. The van der Waals surface area contributed by atoms with Crippen LogP contribution in [0.2, 0.25) is 0 Å². The van der Waals surface area contributed by atoms with Crippen molar-refractivity contribution in [2.24, 2.45) is 11.7 Å². The molecule has 2 heterocycles. The second-order valence-corrected chi connectivity index (χ2v) is 6.62. The molecule has 2 aromatic rings. The zero-order valence-corrected chi connectivity index (χ0v) is 15.0. The Morgan fingerprint density at radius 3 is 2.48 bits per heavy atom. The summed E-state index contributed by atoms with van der Waals surface area (Å²) in [6.07, 6.45) is 1.88. The zero-order chi connectivity index (χ0) is 18.0. The molecule has 1 saturated heterocycles. The molecule has 1 amide bonds. The fourth-order valence-corrected chi connectivity index (χ4v) is 3.27. The predicted molar refractivity (Wildman–Crippen MR) is 94.9 cm³/mol. The molecule has 0 bridgehead atoms. The van der Waals surface area contributed by atoms with Gasteiger partial charge >= 0.3 is 0 Å². The van der Waals surface area contributed by atoms with Crippen LogP contribution >= 0.6 is 0 Å². The number of hydrogen-bond acceptors (Lipinski definition) is 5. The van der Waals surface area contributed by atoms with Crippen LogP contribution in [0.3, 0.4) is 0 Å². The van der Waals surface area contributed by atoms with E-state index in [-0.39, 0.29) is 11.9 Å². The second kappa shape index (κ2) is 7.23. The fourth-order valence-electron chi connectivity index (χ4n) is 3.27. The van der Waals surface area contributed by atoms with Crippen LogP contribution in [-0.2, 0) is 0 Å². The van der Waals surface area contributed by atoms with Crippen LogP contribution in [0.1, 0.15) is 35.9 Å². The highest BCUT2D eigenvalue weighted by Crippen LogP contribution is 2.22. The Labute approximate surface area is 147 Å². The third-order valence-electron chi connectivity index (χ3n) is 4.98.